The van der Waals surface area contributed by atoms with Crippen molar-refractivity contribution < 1.29 is 24.2 Å². The van der Waals surface area contributed by atoms with Crippen LogP contribution in [0.1, 0.15) is 20.7 Å². The second-order valence-corrected chi connectivity index (χ2v) is 3.77. The van der Waals surface area contributed by atoms with E-state index >= 15 is 0 Å². The zero-order valence-corrected chi connectivity index (χ0v) is 11.0. The van der Waals surface area contributed by atoms with Gasteiger partial charge in [0.05, 0.1) is 29.3 Å². The Kier molecular flexibility index (Phi) is 4.85. The number of carbonyl (C=O) groups excluding carboxylic acids is 2. The Bertz CT molecular complexity index is 500. The van der Waals surface area contributed by atoms with Crippen molar-refractivity contribution >= 4 is 39.5 Å². The third-order valence-corrected chi connectivity index (χ3v) is 2.59. The van der Waals surface area contributed by atoms with Gasteiger partial charge < -0.3 is 15.2 Å². The molecule has 0 spiro atoms. The van der Waals surface area contributed by atoms with Crippen LogP contribution in [-0.4, -0.2) is 35.4 Å². The molecule has 0 atom stereocenters. The van der Waals surface area contributed by atoms with Gasteiger partial charge in [0.1, 0.15) is 0 Å². The Morgan fingerprint density at radius 3 is 2.56 bits per heavy atom. The van der Waals surface area contributed by atoms with Crippen LogP contribution >= 0.6 is 15.9 Å². The molecule has 0 saturated carbocycles. The number of amides is 1. The van der Waals surface area contributed by atoms with Gasteiger partial charge in [-0.2, -0.15) is 0 Å². The first-order valence-electron chi connectivity index (χ1n) is 4.81. The van der Waals surface area contributed by atoms with E-state index in [1.165, 1.54) is 18.2 Å². The van der Waals surface area contributed by atoms with Crippen LogP contribution in [0.3, 0.4) is 0 Å². The number of methoxy groups -OCH3 is 1. The van der Waals surface area contributed by atoms with E-state index in [1.54, 1.807) is 0 Å². The van der Waals surface area contributed by atoms with E-state index in [2.05, 4.69) is 26.0 Å². The third-order valence-electron chi connectivity index (χ3n) is 2.08. The van der Waals surface area contributed by atoms with Crippen molar-refractivity contribution in [1.82, 2.24) is 0 Å². The largest absolute Gasteiger partial charge is 0.478 e. The molecule has 0 saturated heterocycles. The van der Waals surface area contributed by atoms with E-state index in [1.807, 2.05) is 0 Å². The van der Waals surface area contributed by atoms with Crippen molar-refractivity contribution in [2.45, 2.75) is 0 Å². The summed E-state index contributed by atoms with van der Waals surface area (Å²) in [6, 6.07) is 4.18. The van der Waals surface area contributed by atoms with Gasteiger partial charge >= 0.3 is 11.9 Å². The number of carbonyl (C=O) groups is 3. The lowest BCUT2D eigenvalue weighted by molar-refractivity contribution is -0.113. The number of halogens is 1. The van der Waals surface area contributed by atoms with E-state index in [0.717, 1.165) is 7.11 Å². The van der Waals surface area contributed by atoms with Gasteiger partial charge in [-0.3, -0.25) is 4.79 Å². The number of benzene rings is 1. The number of aromatic carboxylic acids is 1. The van der Waals surface area contributed by atoms with Gasteiger partial charge in [0.15, 0.2) is 0 Å². The van der Waals surface area contributed by atoms with E-state index in [4.69, 9.17) is 5.11 Å². The Balaban J connectivity index is 3.30. The number of anilines is 1. The molecule has 96 valence electrons. The number of hydrogen-bond donors (Lipinski definition) is 2. The van der Waals surface area contributed by atoms with Crippen LogP contribution in [0.5, 0.6) is 0 Å². The molecular weight excluding hydrogens is 306 g/mol. The molecule has 0 radical (unpaired) electrons. The Morgan fingerprint density at radius 2 is 2.06 bits per heavy atom. The molecule has 0 aromatic heterocycles. The van der Waals surface area contributed by atoms with Crippen molar-refractivity contribution in [3.63, 3.8) is 0 Å². The van der Waals surface area contributed by atoms with Crippen LogP contribution < -0.4 is 5.32 Å². The van der Waals surface area contributed by atoms with Gasteiger partial charge in [0, 0.05) is 0 Å². The SMILES string of the molecule is COC(=O)c1cccc(NC(=O)CBr)c1C(=O)O. The van der Waals surface area contributed by atoms with Crippen LogP contribution in [0.15, 0.2) is 18.2 Å². The molecule has 0 heterocycles. The molecule has 1 rings (SSSR count). The molecule has 7 heteroatoms. The van der Waals surface area contributed by atoms with Gasteiger partial charge in [-0.25, -0.2) is 9.59 Å². The normalized spacial score (nSPS) is 9.67. The molecule has 6 nitrogen and oxygen atoms in total. The number of nitrogens with one attached hydrogen (secondary N) is 1. The van der Waals surface area contributed by atoms with Gasteiger partial charge in [0.2, 0.25) is 5.91 Å². The molecule has 1 aromatic carbocycles. The first-order chi connectivity index (χ1) is 8.51. The average Bonchev–Trinajstić information content (AvgIpc) is 2.36. The molecule has 2 N–H and O–H groups in total. The lowest BCUT2D eigenvalue weighted by Gasteiger charge is -2.10. The summed E-state index contributed by atoms with van der Waals surface area (Å²) < 4.78 is 4.49. The standard InChI is InChI=1S/C11H10BrNO5/c1-18-11(17)6-3-2-4-7(9(6)10(15)16)13-8(14)5-12/h2-4H,5H2,1H3,(H,13,14)(H,15,16). The highest BCUT2D eigenvalue weighted by molar-refractivity contribution is 9.09. The summed E-state index contributed by atoms with van der Waals surface area (Å²) in [7, 11) is 1.15. The Hall–Kier alpha value is -1.89. The number of ether oxygens (including phenoxy) is 1. The molecule has 0 aliphatic carbocycles. The number of alkyl halides is 1. The summed E-state index contributed by atoms with van der Waals surface area (Å²) in [6.07, 6.45) is 0. The molecule has 1 aromatic rings. The molecule has 0 aliphatic rings. The first kappa shape index (κ1) is 14.2. The van der Waals surface area contributed by atoms with Crippen molar-refractivity contribution in [2.24, 2.45) is 0 Å². The van der Waals surface area contributed by atoms with Crippen LogP contribution in [-0.2, 0) is 9.53 Å². The minimum absolute atomic E-state index is 0.0223. The van der Waals surface area contributed by atoms with E-state index in [9.17, 15) is 14.4 Å². The van der Waals surface area contributed by atoms with Crippen LogP contribution in [0.25, 0.3) is 0 Å². The van der Waals surface area contributed by atoms with Gasteiger partial charge in [-0.15, -0.1) is 0 Å². The molecule has 1 amide bonds. The zero-order chi connectivity index (χ0) is 13.7. The van der Waals surface area contributed by atoms with Crippen molar-refractivity contribution in [1.29, 1.82) is 0 Å². The monoisotopic (exact) mass is 315 g/mol. The lowest BCUT2D eigenvalue weighted by atomic mass is 10.1. The summed E-state index contributed by atoms with van der Waals surface area (Å²) in [5, 5.41) is 11.5. The maximum absolute atomic E-state index is 11.4. The molecule has 0 fully saturated rings. The minimum atomic E-state index is -1.32. The number of rotatable bonds is 4. The zero-order valence-electron chi connectivity index (χ0n) is 9.40. The van der Waals surface area contributed by atoms with Crippen molar-refractivity contribution in [3.05, 3.63) is 29.3 Å². The van der Waals surface area contributed by atoms with Gasteiger partial charge in [-0.05, 0) is 12.1 Å². The topological polar surface area (TPSA) is 92.7 Å². The Labute approximate surface area is 111 Å². The van der Waals surface area contributed by atoms with Gasteiger partial charge in [-0.1, -0.05) is 22.0 Å². The predicted octanol–water partition coefficient (Wildman–Crippen LogP) is 1.50. The molecular formula is C11H10BrNO5. The number of carboxylic acid groups (broad SMARTS) is 1. The fourth-order valence-corrected chi connectivity index (χ4v) is 1.49. The summed E-state index contributed by atoms with van der Waals surface area (Å²) in [6.45, 7) is 0. The minimum Gasteiger partial charge on any atom is -0.478 e. The summed E-state index contributed by atoms with van der Waals surface area (Å²) in [5.41, 5.74) is -0.356. The lowest BCUT2D eigenvalue weighted by Crippen LogP contribution is -2.18. The van der Waals surface area contributed by atoms with Crippen LogP contribution in [0.4, 0.5) is 5.69 Å². The fourth-order valence-electron chi connectivity index (χ4n) is 1.35. The number of hydrogen-bond acceptors (Lipinski definition) is 4. The second kappa shape index (κ2) is 6.15. The Morgan fingerprint density at radius 1 is 1.39 bits per heavy atom. The molecule has 18 heavy (non-hydrogen) atoms. The smallest absolute Gasteiger partial charge is 0.338 e. The quantitative estimate of drug-likeness (QED) is 0.649. The first-order valence-corrected chi connectivity index (χ1v) is 5.93. The summed E-state index contributed by atoms with van der Waals surface area (Å²) in [5.74, 6) is -2.51. The number of esters is 1. The molecule has 0 aliphatic heterocycles. The van der Waals surface area contributed by atoms with Crippen molar-refractivity contribution in [2.75, 3.05) is 17.8 Å². The highest BCUT2D eigenvalue weighted by atomic mass is 79.9. The van der Waals surface area contributed by atoms with Gasteiger partial charge in [0.25, 0.3) is 0 Å². The van der Waals surface area contributed by atoms with Crippen LogP contribution in [0, 0.1) is 0 Å². The van der Waals surface area contributed by atoms with E-state index < -0.39 is 17.8 Å². The molecule has 0 bridgehead atoms. The van der Waals surface area contributed by atoms with Crippen LogP contribution in [0.2, 0.25) is 0 Å². The van der Waals surface area contributed by atoms with E-state index in [-0.39, 0.29) is 22.1 Å². The third kappa shape index (κ3) is 3.07. The summed E-state index contributed by atoms with van der Waals surface area (Å²) >= 11 is 2.94. The highest BCUT2D eigenvalue weighted by Gasteiger charge is 2.21. The number of carboxylic acids is 1. The second-order valence-electron chi connectivity index (χ2n) is 3.21. The van der Waals surface area contributed by atoms with Crippen molar-refractivity contribution in [3.8, 4) is 0 Å². The van der Waals surface area contributed by atoms with E-state index in [0.29, 0.717) is 0 Å². The maximum atomic E-state index is 11.4. The molecule has 0 unspecified atom stereocenters. The highest BCUT2D eigenvalue weighted by Crippen LogP contribution is 2.21. The maximum Gasteiger partial charge on any atom is 0.338 e. The average molecular weight is 316 g/mol. The predicted molar refractivity (Wildman–Crippen MR) is 67.2 cm³/mol. The fraction of sp³-hybridized carbons (Fsp3) is 0.182. The summed E-state index contributed by atoms with van der Waals surface area (Å²) in [4.78, 5) is 33.8.